The lowest BCUT2D eigenvalue weighted by molar-refractivity contribution is 0.0874. The molecule has 1 aromatic carbocycles. The zero-order valence-corrected chi connectivity index (χ0v) is 8.91. The van der Waals surface area contributed by atoms with Crippen LogP contribution in [0, 0.1) is 0 Å². The van der Waals surface area contributed by atoms with E-state index in [-0.39, 0.29) is 5.78 Å². The number of alkyl halides is 1. The minimum atomic E-state index is -1.10. The van der Waals surface area contributed by atoms with Crippen molar-refractivity contribution in [3.05, 3.63) is 35.4 Å². The summed E-state index contributed by atoms with van der Waals surface area (Å²) in [7, 11) is 0. The number of hydrogen-bond donors (Lipinski definition) is 1. The highest BCUT2D eigenvalue weighted by Crippen LogP contribution is 2.13. The van der Waals surface area contributed by atoms with Crippen LogP contribution < -0.4 is 0 Å². The fourth-order valence-corrected chi connectivity index (χ4v) is 1.44. The fourth-order valence-electron chi connectivity index (χ4n) is 1.20. The molecule has 0 saturated carbocycles. The predicted octanol–water partition coefficient (Wildman–Crippen LogP) is 2.15. The molecule has 1 N–H and O–H groups in total. The number of benzene rings is 1. The summed E-state index contributed by atoms with van der Waals surface area (Å²) in [5, 5.41) is 7.96. The van der Waals surface area contributed by atoms with Gasteiger partial charge in [0.15, 0.2) is 5.01 Å². The first-order valence-electron chi connectivity index (χ1n) is 4.11. The smallest absolute Gasteiger partial charge is 0.202 e. The van der Waals surface area contributed by atoms with E-state index >= 15 is 0 Å². The number of Topliss-reactive ketones (excluding diaryl/α,β-unsaturated/α-hetero) is 1. The lowest BCUT2D eigenvalue weighted by atomic mass is 10.0. The molecule has 0 aliphatic heterocycles. The maximum Gasteiger partial charge on any atom is 0.202 e. The number of ketones is 1. The Hall–Kier alpha value is -0.670. The molecule has 0 amide bonds. The van der Waals surface area contributed by atoms with Gasteiger partial charge in [-0.05, 0) is 27.9 Å². The Kier molecular flexibility index (Phi) is 3.63. The maximum absolute atomic E-state index is 11.4. The molecule has 3 heteroatoms. The summed E-state index contributed by atoms with van der Waals surface area (Å²) in [6.07, 6.45) is 0.793. The van der Waals surface area contributed by atoms with Crippen LogP contribution in [0.4, 0.5) is 0 Å². The van der Waals surface area contributed by atoms with Crippen molar-refractivity contribution < 1.29 is 9.90 Å². The van der Waals surface area contributed by atoms with Gasteiger partial charge < -0.3 is 5.11 Å². The first-order valence-corrected chi connectivity index (χ1v) is 5.02. The molecule has 1 rings (SSSR count). The summed E-state index contributed by atoms with van der Waals surface area (Å²) in [5.74, 6) is -0.280. The number of rotatable bonds is 3. The van der Waals surface area contributed by atoms with Gasteiger partial charge in [-0.25, -0.2) is 0 Å². The maximum atomic E-state index is 11.4. The Balaban J connectivity index is 3.06. The Morgan fingerprint density at radius 2 is 2.15 bits per heavy atom. The quantitative estimate of drug-likeness (QED) is 0.652. The van der Waals surface area contributed by atoms with E-state index in [1.165, 1.54) is 0 Å². The summed E-state index contributed by atoms with van der Waals surface area (Å²) in [5.41, 5.74) is 1.56. The molecule has 0 aliphatic carbocycles. The second kappa shape index (κ2) is 4.53. The summed E-state index contributed by atoms with van der Waals surface area (Å²) in [6.45, 7) is 1.98. The van der Waals surface area contributed by atoms with E-state index < -0.39 is 5.01 Å². The van der Waals surface area contributed by atoms with Gasteiger partial charge in [-0.15, -0.1) is 0 Å². The van der Waals surface area contributed by atoms with Gasteiger partial charge in [0, 0.05) is 5.56 Å². The molecule has 0 heterocycles. The van der Waals surface area contributed by atoms with E-state index in [4.69, 9.17) is 5.11 Å². The van der Waals surface area contributed by atoms with Crippen molar-refractivity contribution in [1.29, 1.82) is 0 Å². The average Bonchev–Trinajstić information content (AvgIpc) is 2.16. The third-order valence-electron chi connectivity index (χ3n) is 1.88. The first-order chi connectivity index (χ1) is 6.16. The van der Waals surface area contributed by atoms with Gasteiger partial charge in [0.25, 0.3) is 0 Å². The van der Waals surface area contributed by atoms with Gasteiger partial charge in [0.1, 0.15) is 0 Å². The molecule has 70 valence electrons. The lowest BCUT2D eigenvalue weighted by Gasteiger charge is -2.06. The lowest BCUT2D eigenvalue weighted by Crippen LogP contribution is -2.14. The zero-order chi connectivity index (χ0) is 9.84. The highest BCUT2D eigenvalue weighted by molar-refractivity contribution is 9.09. The van der Waals surface area contributed by atoms with E-state index in [1.807, 2.05) is 19.1 Å². The Bertz CT molecular complexity index is 308. The van der Waals surface area contributed by atoms with Crippen LogP contribution in [0.5, 0.6) is 0 Å². The fraction of sp³-hybridized carbons (Fsp3) is 0.300. The molecular formula is C10H11BrO2. The summed E-state index contributed by atoms with van der Waals surface area (Å²) < 4.78 is 0. The third-order valence-corrected chi connectivity index (χ3v) is 2.30. The van der Waals surface area contributed by atoms with Crippen LogP contribution in [0.25, 0.3) is 0 Å². The predicted molar refractivity (Wildman–Crippen MR) is 55.1 cm³/mol. The normalized spacial score (nSPS) is 12.5. The van der Waals surface area contributed by atoms with E-state index in [2.05, 4.69) is 15.9 Å². The molecule has 0 fully saturated rings. The second-order valence-corrected chi connectivity index (χ2v) is 3.58. The van der Waals surface area contributed by atoms with Crippen LogP contribution in [0.3, 0.4) is 0 Å². The summed E-state index contributed by atoms with van der Waals surface area (Å²) in [6, 6.07) is 7.30. The van der Waals surface area contributed by atoms with Crippen LogP contribution in [-0.2, 0) is 6.42 Å². The standard InChI is InChI=1S/C10H11BrO2/c1-2-7-5-3-4-6-8(7)9(12)10(11)13/h3-6,10,13H,2H2,1H3. The Morgan fingerprint density at radius 3 is 2.69 bits per heavy atom. The molecule has 0 saturated heterocycles. The number of carbonyl (C=O) groups is 1. The topological polar surface area (TPSA) is 37.3 Å². The van der Waals surface area contributed by atoms with Crippen LogP contribution in [0.2, 0.25) is 0 Å². The largest absolute Gasteiger partial charge is 0.374 e. The number of aliphatic hydroxyl groups excluding tert-OH is 1. The molecule has 0 radical (unpaired) electrons. The van der Waals surface area contributed by atoms with Gasteiger partial charge in [-0.1, -0.05) is 31.2 Å². The van der Waals surface area contributed by atoms with Crippen molar-refractivity contribution in [2.45, 2.75) is 18.4 Å². The highest BCUT2D eigenvalue weighted by Gasteiger charge is 2.15. The summed E-state index contributed by atoms with van der Waals surface area (Å²) >= 11 is 2.85. The van der Waals surface area contributed by atoms with Crippen molar-refractivity contribution in [3.8, 4) is 0 Å². The number of aliphatic hydroxyl groups is 1. The van der Waals surface area contributed by atoms with Crippen molar-refractivity contribution in [1.82, 2.24) is 0 Å². The third kappa shape index (κ3) is 2.39. The van der Waals surface area contributed by atoms with Crippen molar-refractivity contribution >= 4 is 21.7 Å². The number of aryl methyl sites for hydroxylation is 1. The Labute approximate surface area is 85.7 Å². The van der Waals surface area contributed by atoms with E-state index in [0.717, 1.165) is 12.0 Å². The van der Waals surface area contributed by atoms with Gasteiger partial charge in [0.05, 0.1) is 0 Å². The van der Waals surface area contributed by atoms with Crippen molar-refractivity contribution in [3.63, 3.8) is 0 Å². The average molecular weight is 243 g/mol. The molecule has 1 atom stereocenters. The minimum absolute atomic E-state index is 0.280. The van der Waals surface area contributed by atoms with Crippen LogP contribution in [0.1, 0.15) is 22.8 Å². The van der Waals surface area contributed by atoms with Gasteiger partial charge in [-0.3, -0.25) is 4.79 Å². The van der Waals surface area contributed by atoms with Gasteiger partial charge in [-0.2, -0.15) is 0 Å². The minimum Gasteiger partial charge on any atom is -0.374 e. The molecule has 0 spiro atoms. The van der Waals surface area contributed by atoms with Crippen LogP contribution in [-0.4, -0.2) is 15.9 Å². The van der Waals surface area contributed by atoms with Crippen LogP contribution >= 0.6 is 15.9 Å². The monoisotopic (exact) mass is 242 g/mol. The number of hydrogen-bond acceptors (Lipinski definition) is 2. The Morgan fingerprint density at radius 1 is 1.54 bits per heavy atom. The molecule has 0 aliphatic rings. The molecule has 2 nitrogen and oxygen atoms in total. The van der Waals surface area contributed by atoms with Crippen LogP contribution in [0.15, 0.2) is 24.3 Å². The highest BCUT2D eigenvalue weighted by atomic mass is 79.9. The molecule has 0 aromatic heterocycles. The second-order valence-electron chi connectivity index (χ2n) is 2.71. The van der Waals surface area contributed by atoms with Gasteiger partial charge >= 0.3 is 0 Å². The molecule has 1 unspecified atom stereocenters. The van der Waals surface area contributed by atoms with Crippen molar-refractivity contribution in [2.75, 3.05) is 0 Å². The zero-order valence-electron chi connectivity index (χ0n) is 7.33. The molecule has 1 aromatic rings. The summed E-state index contributed by atoms with van der Waals surface area (Å²) in [4.78, 5) is 11.4. The molecule has 13 heavy (non-hydrogen) atoms. The number of halogens is 1. The number of carbonyl (C=O) groups excluding carboxylic acids is 1. The molecule has 0 bridgehead atoms. The molecular weight excluding hydrogens is 232 g/mol. The van der Waals surface area contributed by atoms with Gasteiger partial charge in [0.2, 0.25) is 5.78 Å². The van der Waals surface area contributed by atoms with E-state index in [9.17, 15) is 4.79 Å². The van der Waals surface area contributed by atoms with Crippen molar-refractivity contribution in [2.24, 2.45) is 0 Å². The first kappa shape index (κ1) is 10.4. The van der Waals surface area contributed by atoms with E-state index in [0.29, 0.717) is 5.56 Å². The van der Waals surface area contributed by atoms with E-state index in [1.54, 1.807) is 12.1 Å². The SMILES string of the molecule is CCc1ccccc1C(=O)C(O)Br.